The average molecular weight is 260 g/mol. The second-order valence-corrected chi connectivity index (χ2v) is 5.18. The Morgan fingerprint density at radius 3 is 2.79 bits per heavy atom. The van der Waals surface area contributed by atoms with Gasteiger partial charge in [-0.05, 0) is 38.3 Å². The summed E-state index contributed by atoms with van der Waals surface area (Å²) in [6.07, 6.45) is 1.87. The van der Waals surface area contributed by atoms with Crippen LogP contribution in [-0.2, 0) is 16.0 Å². The number of rotatable bonds is 3. The Labute approximate surface area is 113 Å². The van der Waals surface area contributed by atoms with E-state index >= 15 is 0 Å². The van der Waals surface area contributed by atoms with E-state index in [1.165, 1.54) is 5.56 Å². The minimum atomic E-state index is -0.206. The van der Waals surface area contributed by atoms with Crippen molar-refractivity contribution < 1.29 is 9.59 Å². The van der Waals surface area contributed by atoms with E-state index in [1.807, 2.05) is 38.1 Å². The highest BCUT2D eigenvalue weighted by Crippen LogP contribution is 2.27. The Bertz CT molecular complexity index is 483. The second kappa shape index (κ2) is 5.87. The molecule has 1 aromatic carbocycles. The molecule has 0 unspecified atom stereocenters. The van der Waals surface area contributed by atoms with Gasteiger partial charge in [0.25, 0.3) is 0 Å². The van der Waals surface area contributed by atoms with Crippen molar-refractivity contribution in [3.8, 4) is 0 Å². The van der Waals surface area contributed by atoms with Gasteiger partial charge in [-0.3, -0.25) is 9.59 Å². The summed E-state index contributed by atoms with van der Waals surface area (Å²) in [6, 6.07) is 7.97. The predicted octanol–water partition coefficient (Wildman–Crippen LogP) is 1.88. The average Bonchev–Trinajstić information content (AvgIpc) is 2.36. The van der Waals surface area contributed by atoms with Gasteiger partial charge in [-0.2, -0.15) is 0 Å². The van der Waals surface area contributed by atoms with Gasteiger partial charge < -0.3 is 10.2 Å². The first-order valence-corrected chi connectivity index (χ1v) is 6.75. The highest BCUT2D eigenvalue weighted by atomic mass is 16.2. The first-order chi connectivity index (χ1) is 9.08. The Balaban J connectivity index is 2.07. The minimum absolute atomic E-state index is 0.0638. The zero-order chi connectivity index (χ0) is 13.8. The summed E-state index contributed by atoms with van der Waals surface area (Å²) >= 11 is 0. The van der Waals surface area contributed by atoms with Crippen molar-refractivity contribution >= 4 is 17.5 Å². The van der Waals surface area contributed by atoms with Gasteiger partial charge in [-0.15, -0.1) is 0 Å². The van der Waals surface area contributed by atoms with E-state index in [-0.39, 0.29) is 24.3 Å². The lowest BCUT2D eigenvalue weighted by Gasteiger charge is -2.29. The molecule has 0 bridgehead atoms. The maximum Gasteiger partial charge on any atom is 0.236 e. The zero-order valence-corrected chi connectivity index (χ0v) is 11.5. The number of nitrogens with one attached hydrogen (secondary N) is 1. The molecule has 1 aromatic rings. The van der Waals surface area contributed by atoms with Gasteiger partial charge >= 0.3 is 0 Å². The quantitative estimate of drug-likeness (QED) is 0.844. The van der Waals surface area contributed by atoms with Crippen LogP contribution in [0.4, 0.5) is 5.69 Å². The number of aryl methyl sites for hydroxylation is 1. The lowest BCUT2D eigenvalue weighted by molar-refractivity contribution is -0.128. The largest absolute Gasteiger partial charge is 0.353 e. The van der Waals surface area contributed by atoms with Crippen LogP contribution in [0.3, 0.4) is 0 Å². The van der Waals surface area contributed by atoms with Crippen LogP contribution in [-0.4, -0.2) is 24.4 Å². The van der Waals surface area contributed by atoms with Crippen LogP contribution in [0.1, 0.15) is 32.3 Å². The van der Waals surface area contributed by atoms with Crippen LogP contribution in [0.2, 0.25) is 0 Å². The number of hydrogen-bond donors (Lipinski definition) is 1. The maximum absolute atomic E-state index is 12.2. The van der Waals surface area contributed by atoms with Crippen LogP contribution in [0.5, 0.6) is 0 Å². The Morgan fingerprint density at radius 1 is 1.32 bits per heavy atom. The zero-order valence-electron chi connectivity index (χ0n) is 11.5. The molecule has 0 saturated carbocycles. The van der Waals surface area contributed by atoms with Crippen molar-refractivity contribution in [1.82, 2.24) is 5.32 Å². The molecule has 1 aliphatic rings. The molecular weight excluding hydrogens is 240 g/mol. The predicted molar refractivity (Wildman–Crippen MR) is 75.0 cm³/mol. The summed E-state index contributed by atoms with van der Waals surface area (Å²) in [7, 11) is 0. The fourth-order valence-corrected chi connectivity index (χ4v) is 2.40. The Kier molecular flexibility index (Phi) is 4.20. The third-order valence-electron chi connectivity index (χ3n) is 3.17. The van der Waals surface area contributed by atoms with E-state index in [0.717, 1.165) is 18.5 Å². The molecule has 2 rings (SSSR count). The van der Waals surface area contributed by atoms with Crippen molar-refractivity contribution in [3.05, 3.63) is 29.8 Å². The molecule has 0 radical (unpaired) electrons. The van der Waals surface area contributed by atoms with Gasteiger partial charge in [0.05, 0.1) is 0 Å². The number of carbonyl (C=O) groups is 2. The van der Waals surface area contributed by atoms with Crippen LogP contribution in [0, 0.1) is 0 Å². The summed E-state index contributed by atoms with van der Waals surface area (Å²) in [5.74, 6) is -0.326. The van der Waals surface area contributed by atoms with Crippen molar-refractivity contribution in [2.45, 2.75) is 39.2 Å². The molecule has 0 aromatic heterocycles. The number of amides is 2. The molecule has 0 saturated heterocycles. The fourth-order valence-electron chi connectivity index (χ4n) is 2.40. The first kappa shape index (κ1) is 13.6. The number of benzene rings is 1. The second-order valence-electron chi connectivity index (χ2n) is 5.18. The number of fused-ring (bicyclic) bond motifs is 1. The van der Waals surface area contributed by atoms with Gasteiger partial charge in [-0.1, -0.05) is 18.2 Å². The molecule has 1 aliphatic heterocycles. The molecule has 0 fully saturated rings. The van der Waals surface area contributed by atoms with Gasteiger partial charge in [-0.25, -0.2) is 0 Å². The minimum Gasteiger partial charge on any atom is -0.353 e. The third kappa shape index (κ3) is 3.34. The molecule has 2 amide bonds. The van der Waals surface area contributed by atoms with Gasteiger partial charge in [0, 0.05) is 18.3 Å². The fraction of sp³-hybridized carbons (Fsp3) is 0.467. The monoisotopic (exact) mass is 260 g/mol. The lowest BCUT2D eigenvalue weighted by atomic mass is 10.0. The van der Waals surface area contributed by atoms with E-state index < -0.39 is 0 Å². The molecule has 4 nitrogen and oxygen atoms in total. The number of para-hydroxylation sites is 1. The van der Waals surface area contributed by atoms with Gasteiger partial charge in [0.1, 0.15) is 6.42 Å². The number of carbonyl (C=O) groups excluding carboxylic acids is 2. The maximum atomic E-state index is 12.2. The van der Waals surface area contributed by atoms with E-state index in [2.05, 4.69) is 5.32 Å². The highest BCUT2D eigenvalue weighted by Gasteiger charge is 2.23. The number of anilines is 1. The highest BCUT2D eigenvalue weighted by molar-refractivity contribution is 6.05. The Hall–Kier alpha value is -1.84. The molecule has 1 N–H and O–H groups in total. The Morgan fingerprint density at radius 2 is 2.05 bits per heavy atom. The van der Waals surface area contributed by atoms with E-state index in [9.17, 15) is 9.59 Å². The third-order valence-corrected chi connectivity index (χ3v) is 3.17. The van der Waals surface area contributed by atoms with Crippen molar-refractivity contribution in [2.24, 2.45) is 0 Å². The van der Waals surface area contributed by atoms with E-state index in [1.54, 1.807) is 4.90 Å². The SMILES string of the molecule is CC(C)NC(=O)CC(=O)N1CCCc2ccccc21. The normalized spacial score (nSPS) is 14.2. The molecule has 0 spiro atoms. The van der Waals surface area contributed by atoms with Gasteiger partial charge in [0.15, 0.2) is 0 Å². The molecular formula is C15H20N2O2. The van der Waals surface area contributed by atoms with Crippen LogP contribution in [0.25, 0.3) is 0 Å². The topological polar surface area (TPSA) is 49.4 Å². The summed E-state index contributed by atoms with van der Waals surface area (Å²) in [6.45, 7) is 4.47. The van der Waals surface area contributed by atoms with E-state index in [4.69, 9.17) is 0 Å². The summed E-state index contributed by atoms with van der Waals surface area (Å²) < 4.78 is 0. The summed E-state index contributed by atoms with van der Waals surface area (Å²) in [5.41, 5.74) is 2.14. The number of nitrogens with zero attached hydrogens (tertiary/aromatic N) is 1. The van der Waals surface area contributed by atoms with Crippen molar-refractivity contribution in [3.63, 3.8) is 0 Å². The molecule has 0 atom stereocenters. The van der Waals surface area contributed by atoms with Gasteiger partial charge in [0.2, 0.25) is 11.8 Å². The smallest absolute Gasteiger partial charge is 0.236 e. The molecule has 102 valence electrons. The van der Waals surface area contributed by atoms with E-state index in [0.29, 0.717) is 6.54 Å². The molecule has 0 aliphatic carbocycles. The number of hydrogen-bond acceptors (Lipinski definition) is 2. The van der Waals surface area contributed by atoms with Crippen LogP contribution >= 0.6 is 0 Å². The van der Waals surface area contributed by atoms with Crippen molar-refractivity contribution in [1.29, 1.82) is 0 Å². The van der Waals surface area contributed by atoms with Crippen LogP contribution < -0.4 is 10.2 Å². The summed E-state index contributed by atoms with van der Waals surface area (Å²) in [4.78, 5) is 25.6. The summed E-state index contributed by atoms with van der Waals surface area (Å²) in [5, 5.41) is 2.75. The first-order valence-electron chi connectivity index (χ1n) is 6.75. The van der Waals surface area contributed by atoms with Crippen molar-refractivity contribution in [2.75, 3.05) is 11.4 Å². The molecule has 1 heterocycles. The lowest BCUT2D eigenvalue weighted by Crippen LogP contribution is -2.40. The molecule has 4 heteroatoms. The standard InChI is InChI=1S/C15H20N2O2/c1-11(2)16-14(18)10-15(19)17-9-5-7-12-6-3-4-8-13(12)17/h3-4,6,8,11H,5,7,9-10H2,1-2H3,(H,16,18). The van der Waals surface area contributed by atoms with Crippen LogP contribution in [0.15, 0.2) is 24.3 Å². The molecule has 19 heavy (non-hydrogen) atoms.